The quantitative estimate of drug-likeness (QED) is 0.704. The lowest BCUT2D eigenvalue weighted by atomic mass is 10.0. The van der Waals surface area contributed by atoms with Gasteiger partial charge in [0.2, 0.25) is 5.91 Å². The third-order valence-electron chi connectivity index (χ3n) is 1.05. The Morgan fingerprint density at radius 2 is 2.00 bits per heavy atom. The summed E-state index contributed by atoms with van der Waals surface area (Å²) >= 11 is 1.68. The normalized spacial score (nSPS) is 11.3. The fourth-order valence-corrected chi connectivity index (χ4v) is 1.57. The molecule has 0 rings (SSSR count). The summed E-state index contributed by atoms with van der Waals surface area (Å²) in [5.41, 5.74) is 0.318. The lowest BCUT2D eigenvalue weighted by molar-refractivity contribution is -0.118. The van der Waals surface area contributed by atoms with Gasteiger partial charge < -0.3 is 5.32 Å². The highest BCUT2D eigenvalue weighted by Gasteiger charge is 2.10. The van der Waals surface area contributed by atoms with Crippen molar-refractivity contribution < 1.29 is 4.79 Å². The van der Waals surface area contributed by atoms with E-state index in [2.05, 4.69) is 26.1 Å². The molecule has 2 nitrogen and oxygen atoms in total. The molecular formula is C8H17NOS. The predicted octanol–water partition coefficient (Wildman–Crippen LogP) is 1.51. The van der Waals surface area contributed by atoms with E-state index in [-0.39, 0.29) is 5.91 Å². The third kappa shape index (κ3) is 7.72. The molecule has 0 spiro atoms. The maximum Gasteiger partial charge on any atom is 0.229 e. The second-order valence-corrected chi connectivity index (χ2v) is 4.71. The van der Waals surface area contributed by atoms with Crippen LogP contribution in [0.3, 0.4) is 0 Å². The van der Waals surface area contributed by atoms with Crippen LogP contribution in [0.5, 0.6) is 0 Å². The number of thioether (sulfide) groups is 1. The molecule has 1 amide bonds. The van der Waals surface area contributed by atoms with Crippen LogP contribution < -0.4 is 5.32 Å². The second kappa shape index (κ2) is 4.65. The molecule has 0 aromatic carbocycles. The summed E-state index contributed by atoms with van der Waals surface area (Å²) in [6.45, 7) is 6.51. The summed E-state index contributed by atoms with van der Waals surface area (Å²) in [6.07, 6.45) is 0. The van der Waals surface area contributed by atoms with Gasteiger partial charge in [-0.1, -0.05) is 20.8 Å². The van der Waals surface area contributed by atoms with Crippen LogP contribution in [0.1, 0.15) is 20.8 Å². The van der Waals surface area contributed by atoms with Crippen LogP contribution >= 0.6 is 11.8 Å². The summed E-state index contributed by atoms with van der Waals surface area (Å²) in [5.74, 6) is 1.72. The highest BCUT2D eigenvalue weighted by atomic mass is 32.2. The SMILES string of the molecule is CNC(=O)CSCC(C)(C)C. The molecule has 0 aliphatic heterocycles. The number of carbonyl (C=O) groups is 1. The Labute approximate surface area is 73.1 Å². The van der Waals surface area contributed by atoms with E-state index in [1.807, 2.05) is 0 Å². The zero-order valence-corrected chi connectivity index (χ0v) is 8.55. The van der Waals surface area contributed by atoms with E-state index in [0.717, 1.165) is 5.75 Å². The van der Waals surface area contributed by atoms with Crippen molar-refractivity contribution in [1.82, 2.24) is 5.32 Å². The lowest BCUT2D eigenvalue weighted by Gasteiger charge is -2.16. The monoisotopic (exact) mass is 175 g/mol. The van der Waals surface area contributed by atoms with E-state index in [1.54, 1.807) is 18.8 Å². The van der Waals surface area contributed by atoms with Crippen LogP contribution in [-0.2, 0) is 4.79 Å². The molecule has 0 aliphatic carbocycles. The molecule has 1 N–H and O–H groups in total. The first-order chi connectivity index (χ1) is 4.95. The predicted molar refractivity (Wildman–Crippen MR) is 50.8 cm³/mol. The van der Waals surface area contributed by atoms with Gasteiger partial charge in [-0.2, -0.15) is 11.8 Å². The molecule has 0 aromatic heterocycles. The molecule has 0 aromatic rings. The molecule has 0 radical (unpaired) electrons. The second-order valence-electron chi connectivity index (χ2n) is 3.73. The van der Waals surface area contributed by atoms with Gasteiger partial charge in [0.25, 0.3) is 0 Å². The molecule has 0 unspecified atom stereocenters. The maximum atomic E-state index is 10.8. The van der Waals surface area contributed by atoms with Crippen molar-refractivity contribution in [1.29, 1.82) is 0 Å². The smallest absolute Gasteiger partial charge is 0.229 e. The number of amides is 1. The molecule has 0 aliphatic rings. The van der Waals surface area contributed by atoms with Crippen LogP contribution in [-0.4, -0.2) is 24.5 Å². The molecule has 0 atom stereocenters. The molecule has 0 fully saturated rings. The van der Waals surface area contributed by atoms with Gasteiger partial charge in [0, 0.05) is 7.05 Å². The van der Waals surface area contributed by atoms with E-state index >= 15 is 0 Å². The minimum atomic E-state index is 0.110. The number of carbonyl (C=O) groups excluding carboxylic acids is 1. The summed E-state index contributed by atoms with van der Waals surface area (Å²) in [7, 11) is 1.67. The first-order valence-electron chi connectivity index (χ1n) is 3.74. The van der Waals surface area contributed by atoms with E-state index < -0.39 is 0 Å². The van der Waals surface area contributed by atoms with E-state index in [0.29, 0.717) is 11.2 Å². The summed E-state index contributed by atoms with van der Waals surface area (Å²) in [5, 5.41) is 2.59. The van der Waals surface area contributed by atoms with Gasteiger partial charge in [0.05, 0.1) is 5.75 Å². The van der Waals surface area contributed by atoms with E-state index in [4.69, 9.17) is 0 Å². The molecule has 0 saturated heterocycles. The van der Waals surface area contributed by atoms with Gasteiger partial charge in [-0.15, -0.1) is 0 Å². The molecular weight excluding hydrogens is 158 g/mol. The summed E-state index contributed by atoms with van der Waals surface area (Å²) in [6, 6.07) is 0. The average Bonchev–Trinajstić information content (AvgIpc) is 1.85. The highest BCUT2D eigenvalue weighted by molar-refractivity contribution is 7.99. The summed E-state index contributed by atoms with van der Waals surface area (Å²) < 4.78 is 0. The van der Waals surface area contributed by atoms with Crippen LogP contribution in [0.2, 0.25) is 0 Å². The summed E-state index contributed by atoms with van der Waals surface area (Å²) in [4.78, 5) is 10.8. The Morgan fingerprint density at radius 3 is 2.36 bits per heavy atom. The van der Waals surface area contributed by atoms with Crippen molar-refractivity contribution in [3.8, 4) is 0 Å². The molecule has 0 bridgehead atoms. The van der Waals surface area contributed by atoms with Crippen LogP contribution in [0.15, 0.2) is 0 Å². The van der Waals surface area contributed by atoms with Crippen LogP contribution in [0.25, 0.3) is 0 Å². The molecule has 66 valence electrons. The minimum absolute atomic E-state index is 0.110. The number of hydrogen-bond acceptors (Lipinski definition) is 2. The Kier molecular flexibility index (Phi) is 4.57. The Balaban J connectivity index is 3.35. The number of nitrogens with one attached hydrogen (secondary N) is 1. The van der Waals surface area contributed by atoms with Gasteiger partial charge in [-0.25, -0.2) is 0 Å². The molecule has 0 saturated carbocycles. The van der Waals surface area contributed by atoms with Gasteiger partial charge in [0.15, 0.2) is 0 Å². The number of rotatable bonds is 3. The van der Waals surface area contributed by atoms with Gasteiger partial charge >= 0.3 is 0 Å². The van der Waals surface area contributed by atoms with Crippen LogP contribution in [0.4, 0.5) is 0 Å². The van der Waals surface area contributed by atoms with Gasteiger partial charge in [0.1, 0.15) is 0 Å². The lowest BCUT2D eigenvalue weighted by Crippen LogP contribution is -2.21. The zero-order chi connectivity index (χ0) is 8.91. The average molecular weight is 175 g/mol. The number of hydrogen-bond donors (Lipinski definition) is 1. The third-order valence-corrected chi connectivity index (χ3v) is 2.58. The molecule has 0 heterocycles. The largest absolute Gasteiger partial charge is 0.358 e. The van der Waals surface area contributed by atoms with Crippen LogP contribution in [0, 0.1) is 5.41 Å². The topological polar surface area (TPSA) is 29.1 Å². The van der Waals surface area contributed by atoms with Gasteiger partial charge in [-0.05, 0) is 11.2 Å². The van der Waals surface area contributed by atoms with E-state index in [9.17, 15) is 4.79 Å². The maximum absolute atomic E-state index is 10.8. The Morgan fingerprint density at radius 1 is 1.45 bits per heavy atom. The van der Waals surface area contributed by atoms with Crippen molar-refractivity contribution in [3.05, 3.63) is 0 Å². The van der Waals surface area contributed by atoms with Crippen molar-refractivity contribution >= 4 is 17.7 Å². The zero-order valence-electron chi connectivity index (χ0n) is 7.73. The Bertz CT molecular complexity index is 129. The van der Waals surface area contributed by atoms with Gasteiger partial charge in [-0.3, -0.25) is 4.79 Å². The fraction of sp³-hybridized carbons (Fsp3) is 0.875. The first-order valence-corrected chi connectivity index (χ1v) is 4.89. The van der Waals surface area contributed by atoms with E-state index in [1.165, 1.54) is 0 Å². The van der Waals surface area contributed by atoms with Crippen molar-refractivity contribution in [2.75, 3.05) is 18.6 Å². The minimum Gasteiger partial charge on any atom is -0.358 e. The first kappa shape index (κ1) is 10.8. The van der Waals surface area contributed by atoms with Crippen molar-refractivity contribution in [2.45, 2.75) is 20.8 Å². The highest BCUT2D eigenvalue weighted by Crippen LogP contribution is 2.19. The molecule has 3 heteroatoms. The standard InChI is InChI=1S/C8H17NOS/c1-8(2,3)6-11-5-7(10)9-4/h5-6H2,1-4H3,(H,9,10). The Hall–Kier alpha value is -0.180. The van der Waals surface area contributed by atoms with Crippen molar-refractivity contribution in [2.24, 2.45) is 5.41 Å². The molecule has 11 heavy (non-hydrogen) atoms. The van der Waals surface area contributed by atoms with Crippen molar-refractivity contribution in [3.63, 3.8) is 0 Å². The fourth-order valence-electron chi connectivity index (χ4n) is 0.522.